The van der Waals surface area contributed by atoms with Crippen molar-refractivity contribution in [2.75, 3.05) is 34.8 Å². The van der Waals surface area contributed by atoms with Gasteiger partial charge in [0.2, 0.25) is 5.91 Å². The molecule has 2 saturated heterocycles. The lowest BCUT2D eigenvalue weighted by molar-refractivity contribution is -0.127. The van der Waals surface area contributed by atoms with Crippen molar-refractivity contribution < 1.29 is 18.0 Å². The van der Waals surface area contributed by atoms with Gasteiger partial charge in [-0.1, -0.05) is 25.3 Å². The molecular formula is C29H38N6O4S. The van der Waals surface area contributed by atoms with Crippen LogP contribution < -0.4 is 19.8 Å². The van der Waals surface area contributed by atoms with Gasteiger partial charge in [0.25, 0.3) is 15.9 Å². The van der Waals surface area contributed by atoms with Gasteiger partial charge in [0.15, 0.2) is 5.03 Å². The van der Waals surface area contributed by atoms with E-state index in [0.29, 0.717) is 43.0 Å². The average Bonchev–Trinajstić information content (AvgIpc) is 3.41. The molecule has 40 heavy (non-hydrogen) atoms. The molecule has 5 heterocycles. The first kappa shape index (κ1) is 27.0. The van der Waals surface area contributed by atoms with Gasteiger partial charge < -0.3 is 10.2 Å². The van der Waals surface area contributed by atoms with Crippen LogP contribution in [0.15, 0.2) is 35.4 Å². The first-order valence-electron chi connectivity index (χ1n) is 14.5. The Labute approximate surface area is 236 Å². The molecule has 1 atom stereocenters. The van der Waals surface area contributed by atoms with E-state index in [1.165, 1.54) is 12.5 Å². The van der Waals surface area contributed by atoms with Gasteiger partial charge in [-0.25, -0.2) is 14.7 Å². The Morgan fingerprint density at radius 1 is 0.975 bits per heavy atom. The zero-order valence-corrected chi connectivity index (χ0v) is 24.1. The van der Waals surface area contributed by atoms with Gasteiger partial charge in [-0.2, -0.15) is 8.42 Å². The molecule has 2 amide bonds. The summed E-state index contributed by atoms with van der Waals surface area (Å²) in [5.41, 5.74) is -0.436. The molecule has 3 aliphatic heterocycles. The Morgan fingerprint density at radius 3 is 2.58 bits per heavy atom. The second-order valence-corrected chi connectivity index (χ2v) is 14.1. The normalized spacial score (nSPS) is 25.5. The molecule has 0 unspecified atom stereocenters. The number of aromatic nitrogens is 2. The monoisotopic (exact) mass is 566 g/mol. The highest BCUT2D eigenvalue weighted by Crippen LogP contribution is 2.46. The van der Waals surface area contributed by atoms with Gasteiger partial charge in [-0.15, -0.1) is 0 Å². The number of sulfonamides is 1. The minimum atomic E-state index is -4.23. The number of anilines is 3. The number of rotatable bonds is 1. The van der Waals surface area contributed by atoms with Crippen LogP contribution in [0.3, 0.4) is 0 Å². The van der Waals surface area contributed by atoms with Gasteiger partial charge in [0.1, 0.15) is 17.5 Å². The topological polar surface area (TPSA) is 125 Å². The van der Waals surface area contributed by atoms with Gasteiger partial charge >= 0.3 is 0 Å². The van der Waals surface area contributed by atoms with Crippen molar-refractivity contribution in [1.82, 2.24) is 14.7 Å². The predicted octanol–water partition coefficient (Wildman–Crippen LogP) is 4.09. The maximum atomic E-state index is 13.7. The van der Waals surface area contributed by atoms with Crippen LogP contribution in [-0.2, 0) is 14.8 Å². The lowest BCUT2D eigenvalue weighted by Gasteiger charge is -2.34. The van der Waals surface area contributed by atoms with Gasteiger partial charge in [-0.3, -0.25) is 14.5 Å². The highest BCUT2D eigenvalue weighted by Gasteiger charge is 2.48. The van der Waals surface area contributed by atoms with Crippen LogP contribution in [0.2, 0.25) is 0 Å². The molecular weight excluding hydrogens is 528 g/mol. The SMILES string of the molecule is CC1(C)C[C@@H]2CCCNc3cccc(n3)S(=O)(=O)NC(=O)c3ccc(N4CCC5(CCCCC5)C4=O)nc3N1C2. The van der Waals surface area contributed by atoms with Crippen molar-refractivity contribution in [2.45, 2.75) is 82.2 Å². The fraction of sp³-hybridized carbons (Fsp3) is 0.586. The Kier molecular flexibility index (Phi) is 6.75. The van der Waals surface area contributed by atoms with Crippen LogP contribution in [0.4, 0.5) is 17.5 Å². The predicted molar refractivity (Wildman–Crippen MR) is 153 cm³/mol. The minimum Gasteiger partial charge on any atom is -0.370 e. The van der Waals surface area contributed by atoms with E-state index in [2.05, 4.69) is 33.8 Å². The maximum absolute atomic E-state index is 13.7. The Balaban J connectivity index is 1.40. The fourth-order valence-corrected chi connectivity index (χ4v) is 8.09. The number of nitrogens with zero attached hydrogens (tertiary/aromatic N) is 4. The Morgan fingerprint density at radius 2 is 1.77 bits per heavy atom. The third-order valence-corrected chi connectivity index (χ3v) is 10.5. The fourth-order valence-electron chi connectivity index (χ4n) is 7.16. The van der Waals surface area contributed by atoms with Crippen LogP contribution in [0.5, 0.6) is 0 Å². The van der Waals surface area contributed by atoms with E-state index in [1.54, 1.807) is 29.2 Å². The molecule has 10 nitrogen and oxygen atoms in total. The second kappa shape index (κ2) is 10.0. The number of hydrogen-bond acceptors (Lipinski definition) is 8. The van der Waals surface area contributed by atoms with Crippen LogP contribution in [0, 0.1) is 11.3 Å². The highest BCUT2D eigenvalue weighted by molar-refractivity contribution is 7.90. The lowest BCUT2D eigenvalue weighted by atomic mass is 9.73. The van der Waals surface area contributed by atoms with Gasteiger partial charge in [0.05, 0.1) is 11.0 Å². The third kappa shape index (κ3) is 4.82. The molecule has 6 rings (SSSR count). The highest BCUT2D eigenvalue weighted by atomic mass is 32.2. The number of carbonyl (C=O) groups is 2. The summed E-state index contributed by atoms with van der Waals surface area (Å²) in [6.07, 6.45) is 8.75. The molecule has 4 aliphatic rings. The summed E-state index contributed by atoms with van der Waals surface area (Å²) >= 11 is 0. The molecule has 2 aromatic rings. The zero-order chi connectivity index (χ0) is 28.1. The minimum absolute atomic E-state index is 0.126. The number of carbonyl (C=O) groups excluding carboxylic acids is 2. The standard InChI is InChI=1S/C29H38N6O4S/c1-28(2)18-20-8-7-16-30-22-9-6-10-24(31-22)40(38,39)33-26(36)21-11-12-23(32-25(21)35(28)19-20)34-17-15-29(27(34)37)13-4-3-5-14-29/h6,9-12,20H,3-5,7-8,13-19H2,1-2H3,(H,30,31)(H,33,36)/t20-/m0/s1. The van der Waals surface area contributed by atoms with Gasteiger partial charge in [-0.05, 0) is 82.6 Å². The summed E-state index contributed by atoms with van der Waals surface area (Å²) in [7, 11) is -4.23. The van der Waals surface area contributed by atoms with Crippen LogP contribution >= 0.6 is 0 Å². The largest absolute Gasteiger partial charge is 0.370 e. The van der Waals surface area contributed by atoms with E-state index in [1.807, 2.05) is 0 Å². The van der Waals surface area contributed by atoms with Gasteiger partial charge in [0, 0.05) is 25.2 Å². The zero-order valence-electron chi connectivity index (χ0n) is 23.3. The number of fused-ring (bicyclic) bond motifs is 6. The van der Waals surface area contributed by atoms with Crippen molar-refractivity contribution in [3.05, 3.63) is 35.9 Å². The van der Waals surface area contributed by atoms with E-state index >= 15 is 0 Å². The maximum Gasteiger partial charge on any atom is 0.281 e. The van der Waals surface area contributed by atoms with Crippen LogP contribution in [-0.4, -0.2) is 55.4 Å². The first-order valence-corrected chi connectivity index (χ1v) is 16.0. The van der Waals surface area contributed by atoms with E-state index in [4.69, 9.17) is 4.98 Å². The molecule has 2 N–H and O–H groups in total. The summed E-state index contributed by atoms with van der Waals surface area (Å²) in [6, 6.07) is 8.00. The summed E-state index contributed by atoms with van der Waals surface area (Å²) in [5.74, 6) is 1.14. The Hall–Kier alpha value is -3.21. The van der Waals surface area contributed by atoms with Crippen molar-refractivity contribution in [3.8, 4) is 0 Å². The number of amides is 2. The molecule has 1 spiro atoms. The number of nitrogens with one attached hydrogen (secondary N) is 2. The third-order valence-electron chi connectivity index (χ3n) is 9.24. The molecule has 0 radical (unpaired) electrons. The molecule has 1 saturated carbocycles. The van der Waals surface area contributed by atoms with E-state index < -0.39 is 15.9 Å². The number of hydrogen-bond donors (Lipinski definition) is 2. The summed E-state index contributed by atoms with van der Waals surface area (Å²) in [5, 5.41) is 2.99. The first-order chi connectivity index (χ1) is 19.1. The average molecular weight is 567 g/mol. The van der Waals surface area contributed by atoms with Crippen molar-refractivity contribution >= 4 is 39.3 Å². The number of pyridine rings is 2. The Bertz CT molecular complexity index is 1440. The lowest BCUT2D eigenvalue weighted by Crippen LogP contribution is -2.41. The summed E-state index contributed by atoms with van der Waals surface area (Å²) < 4.78 is 28.6. The smallest absolute Gasteiger partial charge is 0.281 e. The molecule has 4 bridgehead atoms. The molecule has 0 aromatic carbocycles. The van der Waals surface area contributed by atoms with Crippen molar-refractivity contribution in [3.63, 3.8) is 0 Å². The molecule has 3 fully saturated rings. The molecule has 2 aromatic heterocycles. The summed E-state index contributed by atoms with van der Waals surface area (Å²) in [4.78, 5) is 40.4. The van der Waals surface area contributed by atoms with Crippen molar-refractivity contribution in [2.24, 2.45) is 11.3 Å². The van der Waals surface area contributed by atoms with E-state index in [9.17, 15) is 18.0 Å². The quantitative estimate of drug-likeness (QED) is 0.529. The second-order valence-electron chi connectivity index (χ2n) is 12.4. The van der Waals surface area contributed by atoms with E-state index in [0.717, 1.165) is 51.4 Å². The molecule has 11 heteroatoms. The summed E-state index contributed by atoms with van der Waals surface area (Å²) in [6.45, 7) is 6.23. The van der Waals surface area contributed by atoms with Crippen LogP contribution in [0.25, 0.3) is 0 Å². The van der Waals surface area contributed by atoms with Crippen molar-refractivity contribution in [1.29, 1.82) is 0 Å². The van der Waals surface area contributed by atoms with Crippen LogP contribution in [0.1, 0.15) is 82.0 Å². The molecule has 214 valence electrons. The van der Waals surface area contributed by atoms with E-state index in [-0.39, 0.29) is 27.5 Å². The molecule has 1 aliphatic carbocycles.